The van der Waals surface area contributed by atoms with E-state index in [4.69, 9.17) is 4.74 Å². The van der Waals surface area contributed by atoms with Crippen molar-refractivity contribution in [2.45, 2.75) is 58.0 Å². The average molecular weight is 453 g/mol. The van der Waals surface area contributed by atoms with Crippen LogP contribution in [0.2, 0.25) is 0 Å². The van der Waals surface area contributed by atoms with Gasteiger partial charge in [0.25, 0.3) is 0 Å². The van der Waals surface area contributed by atoms with Gasteiger partial charge in [-0.25, -0.2) is 13.2 Å². The van der Waals surface area contributed by atoms with Crippen LogP contribution in [-0.2, 0) is 4.74 Å². The van der Waals surface area contributed by atoms with E-state index in [-0.39, 0.29) is 11.9 Å². The summed E-state index contributed by atoms with van der Waals surface area (Å²) in [5, 5.41) is 0. The number of hydrogen-bond donors (Lipinski definition) is 0. The molecule has 0 bridgehead atoms. The number of rotatable bonds is 6. The second-order valence-corrected chi connectivity index (χ2v) is 9.07. The molecule has 33 heavy (non-hydrogen) atoms. The predicted octanol–water partition coefficient (Wildman–Crippen LogP) is 8.34. The molecule has 4 rings (SSSR count). The van der Waals surface area contributed by atoms with Gasteiger partial charge in [-0.1, -0.05) is 74.5 Å². The van der Waals surface area contributed by atoms with Crippen molar-refractivity contribution >= 4 is 5.57 Å². The number of alkyl halides is 2. The Morgan fingerprint density at radius 3 is 2.30 bits per heavy atom. The molecule has 0 spiro atoms. The van der Waals surface area contributed by atoms with Crippen LogP contribution < -0.4 is 0 Å². The van der Waals surface area contributed by atoms with E-state index in [0.717, 1.165) is 30.4 Å². The van der Waals surface area contributed by atoms with Gasteiger partial charge in [-0.2, -0.15) is 0 Å². The van der Waals surface area contributed by atoms with E-state index in [1.165, 1.54) is 6.07 Å². The monoisotopic (exact) mass is 452 g/mol. The largest absolute Gasteiger partial charge is 0.373 e. The van der Waals surface area contributed by atoms with Gasteiger partial charge in [-0.05, 0) is 65.5 Å². The lowest BCUT2D eigenvalue weighted by atomic mass is 9.88. The molecule has 0 saturated carbocycles. The van der Waals surface area contributed by atoms with Crippen LogP contribution in [0.5, 0.6) is 0 Å². The summed E-state index contributed by atoms with van der Waals surface area (Å²) in [7, 11) is 0. The molecule has 1 aliphatic carbocycles. The molecule has 1 nitrogen and oxygen atoms in total. The Hall–Kier alpha value is -2.59. The van der Waals surface area contributed by atoms with Crippen molar-refractivity contribution in [1.29, 1.82) is 0 Å². The lowest BCUT2D eigenvalue weighted by Gasteiger charge is -2.27. The molecule has 1 fully saturated rings. The smallest absolute Gasteiger partial charge is 0.161 e. The highest BCUT2D eigenvalue weighted by Gasteiger charge is 2.30. The highest BCUT2D eigenvalue weighted by atomic mass is 19.2. The van der Waals surface area contributed by atoms with Gasteiger partial charge in [-0.15, -0.1) is 0 Å². The molecule has 1 saturated heterocycles. The first-order valence-electron chi connectivity index (χ1n) is 11.8. The van der Waals surface area contributed by atoms with Gasteiger partial charge in [0, 0.05) is 12.2 Å². The summed E-state index contributed by atoms with van der Waals surface area (Å²) in [6.07, 6.45) is 6.82. The molecule has 4 unspecified atom stereocenters. The van der Waals surface area contributed by atoms with E-state index < -0.39 is 12.3 Å². The molecule has 2 aromatic rings. The van der Waals surface area contributed by atoms with Gasteiger partial charge in [0.05, 0.1) is 6.10 Å². The first kappa shape index (κ1) is 23.6. The van der Waals surface area contributed by atoms with Crippen LogP contribution in [-0.4, -0.2) is 19.0 Å². The molecule has 174 valence electrons. The molecule has 1 heterocycles. The van der Waals surface area contributed by atoms with Gasteiger partial charge in [0.15, 0.2) is 12.3 Å². The molecule has 2 aromatic carbocycles. The van der Waals surface area contributed by atoms with Crippen LogP contribution in [0.15, 0.2) is 72.3 Å². The summed E-state index contributed by atoms with van der Waals surface area (Å²) < 4.78 is 50.1. The zero-order valence-electron chi connectivity index (χ0n) is 19.2. The molecular formula is C29H31F3O. The fourth-order valence-corrected chi connectivity index (χ4v) is 4.50. The van der Waals surface area contributed by atoms with Crippen LogP contribution in [0.4, 0.5) is 13.2 Å². The Bertz CT molecular complexity index is 1040. The first-order valence-corrected chi connectivity index (χ1v) is 11.8. The number of hydrogen-bond acceptors (Lipinski definition) is 1. The second-order valence-electron chi connectivity index (χ2n) is 9.07. The summed E-state index contributed by atoms with van der Waals surface area (Å²) in [6.45, 7) is 4.80. The van der Waals surface area contributed by atoms with E-state index in [1.54, 1.807) is 30.4 Å². The van der Waals surface area contributed by atoms with Gasteiger partial charge in [-0.3, -0.25) is 0 Å². The van der Waals surface area contributed by atoms with Crippen molar-refractivity contribution in [1.82, 2.24) is 0 Å². The molecule has 1 aliphatic heterocycles. The Morgan fingerprint density at radius 2 is 1.64 bits per heavy atom. The topological polar surface area (TPSA) is 9.23 Å². The zero-order valence-corrected chi connectivity index (χ0v) is 19.2. The minimum atomic E-state index is -1.69. The van der Waals surface area contributed by atoms with Crippen molar-refractivity contribution in [2.24, 2.45) is 5.92 Å². The third-order valence-electron chi connectivity index (χ3n) is 6.54. The fraction of sp³-hybridized carbons (Fsp3) is 0.379. The van der Waals surface area contributed by atoms with Gasteiger partial charge in [0.2, 0.25) is 0 Å². The van der Waals surface area contributed by atoms with E-state index in [2.05, 4.69) is 6.92 Å². The summed E-state index contributed by atoms with van der Waals surface area (Å²) in [4.78, 5) is 0. The lowest BCUT2D eigenvalue weighted by Crippen LogP contribution is -2.23. The quantitative estimate of drug-likeness (QED) is 0.400. The van der Waals surface area contributed by atoms with Crippen molar-refractivity contribution in [2.75, 3.05) is 6.61 Å². The lowest BCUT2D eigenvalue weighted by molar-refractivity contribution is -0.0141. The fourth-order valence-electron chi connectivity index (χ4n) is 4.50. The zero-order chi connectivity index (χ0) is 23.4. The Morgan fingerprint density at radius 1 is 0.909 bits per heavy atom. The molecule has 0 amide bonds. The molecule has 4 atom stereocenters. The molecule has 0 N–H and O–H groups in total. The number of halogens is 3. The van der Waals surface area contributed by atoms with Crippen molar-refractivity contribution < 1.29 is 17.9 Å². The summed E-state index contributed by atoms with van der Waals surface area (Å²) in [5.41, 5.74) is 3.60. The maximum absolute atomic E-state index is 14.8. The Labute approximate surface area is 194 Å². The maximum Gasteiger partial charge on any atom is 0.161 e. The van der Waals surface area contributed by atoms with E-state index in [0.29, 0.717) is 41.2 Å². The molecule has 4 heteroatoms. The number of ether oxygens (including phenoxy) is 1. The molecule has 2 aliphatic rings. The van der Waals surface area contributed by atoms with E-state index >= 15 is 0 Å². The van der Waals surface area contributed by atoms with E-state index in [1.807, 2.05) is 37.3 Å². The van der Waals surface area contributed by atoms with Crippen LogP contribution in [0, 0.1) is 11.7 Å². The summed E-state index contributed by atoms with van der Waals surface area (Å²) >= 11 is 0. The predicted molar refractivity (Wildman–Crippen MR) is 129 cm³/mol. The highest BCUT2D eigenvalue weighted by molar-refractivity contribution is 5.75. The number of allylic oxidation sites excluding steroid dienone is 6. The Kier molecular flexibility index (Phi) is 7.54. The van der Waals surface area contributed by atoms with Gasteiger partial charge < -0.3 is 4.74 Å². The van der Waals surface area contributed by atoms with Gasteiger partial charge >= 0.3 is 0 Å². The SMILES string of the molecule is CC/C=C\CC1=CC=C(c2ccc(-c3ccc(C4CCC(C)CO4)c(F)c3)cc2)C(F)C1F. The second kappa shape index (κ2) is 10.6. The molecular weight excluding hydrogens is 421 g/mol. The van der Waals surface area contributed by atoms with Crippen molar-refractivity contribution in [3.05, 3.63) is 89.3 Å². The Balaban J connectivity index is 1.50. The number of benzene rings is 2. The third-order valence-corrected chi connectivity index (χ3v) is 6.54. The van der Waals surface area contributed by atoms with E-state index in [9.17, 15) is 13.2 Å². The first-order chi connectivity index (χ1) is 16.0. The van der Waals surface area contributed by atoms with Crippen LogP contribution in [0.1, 0.15) is 56.8 Å². The third kappa shape index (κ3) is 5.33. The van der Waals surface area contributed by atoms with Gasteiger partial charge in [0.1, 0.15) is 5.82 Å². The van der Waals surface area contributed by atoms with Crippen LogP contribution >= 0.6 is 0 Å². The normalized spacial score (nSPS) is 25.7. The summed E-state index contributed by atoms with van der Waals surface area (Å²) in [5.74, 6) is 0.239. The van der Waals surface area contributed by atoms with Crippen molar-refractivity contribution in [3.8, 4) is 11.1 Å². The summed E-state index contributed by atoms with van der Waals surface area (Å²) in [6, 6.07) is 12.4. The molecule has 0 aromatic heterocycles. The maximum atomic E-state index is 14.8. The van der Waals surface area contributed by atoms with Crippen LogP contribution in [0.3, 0.4) is 0 Å². The van der Waals surface area contributed by atoms with Crippen molar-refractivity contribution in [3.63, 3.8) is 0 Å². The average Bonchev–Trinajstić information content (AvgIpc) is 2.83. The molecule has 0 radical (unpaired) electrons. The standard InChI is InChI=1S/C29H31F3O/c1-3-4-5-6-22-12-14-24(29(32)28(22)31)21-10-8-20(9-11-21)23-13-15-25(26(30)17-23)27-16-7-19(2)18-33-27/h4-5,8-15,17,19,27-29H,3,6-7,16,18H2,1-2H3/b5-4-. The van der Waals surface area contributed by atoms with Crippen LogP contribution in [0.25, 0.3) is 16.7 Å². The minimum absolute atomic E-state index is 0.193. The highest BCUT2D eigenvalue weighted by Crippen LogP contribution is 2.36. The minimum Gasteiger partial charge on any atom is -0.373 e.